The molecule has 1 saturated heterocycles. The van der Waals surface area contributed by atoms with E-state index >= 15 is 0 Å². The number of anilines is 2. The van der Waals surface area contributed by atoms with Crippen molar-refractivity contribution in [2.45, 2.75) is 6.92 Å². The van der Waals surface area contributed by atoms with E-state index in [0.29, 0.717) is 30.9 Å². The summed E-state index contributed by atoms with van der Waals surface area (Å²) in [4.78, 5) is 16.6. The molecule has 8 heteroatoms. The van der Waals surface area contributed by atoms with Crippen LogP contribution in [0.15, 0.2) is 12.1 Å². The highest BCUT2D eigenvalue weighted by molar-refractivity contribution is 7.19. The van der Waals surface area contributed by atoms with Crippen LogP contribution in [0, 0.1) is 0 Å². The Labute approximate surface area is 132 Å². The Morgan fingerprint density at radius 1 is 1.29 bits per heavy atom. The highest BCUT2D eigenvalue weighted by Crippen LogP contribution is 2.30. The Morgan fingerprint density at radius 2 is 2.10 bits per heavy atom. The molecule has 0 saturated carbocycles. The number of ether oxygens (including phenoxy) is 1. The van der Waals surface area contributed by atoms with Gasteiger partial charge in [-0.2, -0.15) is 15.0 Å². The fourth-order valence-corrected chi connectivity index (χ4v) is 3.03. The van der Waals surface area contributed by atoms with Gasteiger partial charge in [0.1, 0.15) is 0 Å². The molecule has 3 heterocycles. The molecule has 2 aromatic rings. The van der Waals surface area contributed by atoms with Crippen LogP contribution in [0.2, 0.25) is 4.34 Å². The maximum atomic E-state index is 6.00. The van der Waals surface area contributed by atoms with Crippen LogP contribution in [0.3, 0.4) is 0 Å². The molecule has 1 aliphatic heterocycles. The molecule has 6 nitrogen and oxygen atoms in total. The van der Waals surface area contributed by atoms with Gasteiger partial charge in [0.2, 0.25) is 11.9 Å². The normalized spacial score (nSPS) is 15.2. The van der Waals surface area contributed by atoms with Crippen molar-refractivity contribution in [2.24, 2.45) is 0 Å². The molecule has 0 aromatic carbocycles. The maximum absolute atomic E-state index is 6.00. The third-order valence-electron chi connectivity index (χ3n) is 3.05. The van der Waals surface area contributed by atoms with Gasteiger partial charge in [-0.15, -0.1) is 11.3 Å². The lowest BCUT2D eigenvalue weighted by atomic mass is 10.4. The van der Waals surface area contributed by atoms with Crippen LogP contribution in [0.25, 0.3) is 10.7 Å². The van der Waals surface area contributed by atoms with Gasteiger partial charge in [0.25, 0.3) is 0 Å². The first kappa shape index (κ1) is 14.5. The first-order valence-electron chi connectivity index (χ1n) is 6.84. The molecule has 2 aromatic heterocycles. The summed E-state index contributed by atoms with van der Waals surface area (Å²) in [6.45, 7) is 5.75. The van der Waals surface area contributed by atoms with Gasteiger partial charge in [-0.3, -0.25) is 0 Å². The predicted octanol–water partition coefficient (Wildman–Crippen LogP) is 2.52. The lowest BCUT2D eigenvalue weighted by molar-refractivity contribution is 0.122. The molecule has 1 aliphatic rings. The Kier molecular flexibility index (Phi) is 4.52. The summed E-state index contributed by atoms with van der Waals surface area (Å²) in [6, 6.07) is 3.79. The van der Waals surface area contributed by atoms with E-state index in [1.54, 1.807) is 0 Å². The fourth-order valence-electron chi connectivity index (χ4n) is 2.05. The number of nitrogens with one attached hydrogen (secondary N) is 1. The molecule has 0 spiro atoms. The van der Waals surface area contributed by atoms with Crippen molar-refractivity contribution in [3.8, 4) is 10.7 Å². The Hall–Kier alpha value is -1.44. The van der Waals surface area contributed by atoms with Crippen LogP contribution in [-0.2, 0) is 4.74 Å². The summed E-state index contributed by atoms with van der Waals surface area (Å²) in [5, 5.41) is 3.16. The van der Waals surface area contributed by atoms with Crippen molar-refractivity contribution in [3.63, 3.8) is 0 Å². The number of thiophene rings is 1. The minimum Gasteiger partial charge on any atom is -0.378 e. The number of nitrogens with zero attached hydrogens (tertiary/aromatic N) is 4. The lowest BCUT2D eigenvalue weighted by Crippen LogP contribution is -2.37. The minimum absolute atomic E-state index is 0.591. The fraction of sp³-hybridized carbons (Fsp3) is 0.462. The number of halogens is 1. The van der Waals surface area contributed by atoms with Crippen molar-refractivity contribution in [2.75, 3.05) is 43.1 Å². The zero-order chi connectivity index (χ0) is 14.7. The smallest absolute Gasteiger partial charge is 0.230 e. The third kappa shape index (κ3) is 3.42. The van der Waals surface area contributed by atoms with E-state index in [-0.39, 0.29) is 0 Å². The Bertz CT molecular complexity index is 614. The second kappa shape index (κ2) is 6.55. The second-order valence-corrected chi connectivity index (χ2v) is 6.23. The molecule has 0 bridgehead atoms. The highest BCUT2D eigenvalue weighted by atomic mass is 35.5. The average Bonchev–Trinajstić information content (AvgIpc) is 2.95. The number of rotatable bonds is 4. The molecule has 0 unspecified atom stereocenters. The molecule has 1 fully saturated rings. The van der Waals surface area contributed by atoms with Crippen LogP contribution in [0.4, 0.5) is 11.9 Å². The summed E-state index contributed by atoms with van der Waals surface area (Å²) in [6.07, 6.45) is 0. The van der Waals surface area contributed by atoms with Crippen molar-refractivity contribution < 1.29 is 4.74 Å². The van der Waals surface area contributed by atoms with E-state index in [2.05, 4.69) is 25.2 Å². The number of aromatic nitrogens is 3. The SMILES string of the molecule is CCNc1nc(-c2ccc(Cl)s2)nc(N2CCOCC2)n1. The average molecular weight is 326 g/mol. The van der Waals surface area contributed by atoms with Gasteiger partial charge in [0.05, 0.1) is 22.4 Å². The zero-order valence-corrected chi connectivity index (χ0v) is 13.2. The van der Waals surface area contributed by atoms with Crippen molar-refractivity contribution in [3.05, 3.63) is 16.5 Å². The van der Waals surface area contributed by atoms with E-state index in [9.17, 15) is 0 Å². The van der Waals surface area contributed by atoms with Gasteiger partial charge >= 0.3 is 0 Å². The van der Waals surface area contributed by atoms with Crippen LogP contribution < -0.4 is 10.2 Å². The van der Waals surface area contributed by atoms with Gasteiger partial charge in [0.15, 0.2) is 5.82 Å². The first-order valence-corrected chi connectivity index (χ1v) is 8.04. The zero-order valence-electron chi connectivity index (χ0n) is 11.7. The summed E-state index contributed by atoms with van der Waals surface area (Å²) in [5.41, 5.74) is 0. The third-order valence-corrected chi connectivity index (χ3v) is 4.27. The standard InChI is InChI=1S/C13H16ClN5OS/c1-2-15-12-16-11(9-3-4-10(14)21-9)17-13(18-12)19-5-7-20-8-6-19/h3-4H,2,5-8H2,1H3,(H,15,16,17,18). The van der Waals surface area contributed by atoms with E-state index in [0.717, 1.165) is 28.8 Å². The molecule has 0 radical (unpaired) electrons. The summed E-state index contributed by atoms with van der Waals surface area (Å²) in [7, 11) is 0. The predicted molar refractivity (Wildman–Crippen MR) is 85.3 cm³/mol. The molecular weight excluding hydrogens is 310 g/mol. The van der Waals surface area contributed by atoms with Crippen LogP contribution in [0.1, 0.15) is 6.92 Å². The van der Waals surface area contributed by atoms with Crippen LogP contribution >= 0.6 is 22.9 Å². The monoisotopic (exact) mass is 325 g/mol. The highest BCUT2D eigenvalue weighted by Gasteiger charge is 2.17. The molecule has 112 valence electrons. The van der Waals surface area contributed by atoms with Gasteiger partial charge < -0.3 is 15.0 Å². The van der Waals surface area contributed by atoms with Crippen molar-refractivity contribution >= 4 is 34.8 Å². The van der Waals surface area contributed by atoms with E-state index < -0.39 is 0 Å². The number of hydrogen-bond acceptors (Lipinski definition) is 7. The topological polar surface area (TPSA) is 63.2 Å². The minimum atomic E-state index is 0.591. The molecule has 1 N–H and O–H groups in total. The van der Waals surface area contributed by atoms with E-state index in [1.807, 2.05) is 19.1 Å². The van der Waals surface area contributed by atoms with E-state index in [1.165, 1.54) is 11.3 Å². The van der Waals surface area contributed by atoms with Gasteiger partial charge in [-0.1, -0.05) is 11.6 Å². The second-order valence-electron chi connectivity index (χ2n) is 4.52. The van der Waals surface area contributed by atoms with Gasteiger partial charge in [-0.25, -0.2) is 0 Å². The Morgan fingerprint density at radius 3 is 2.76 bits per heavy atom. The summed E-state index contributed by atoms with van der Waals surface area (Å²) < 4.78 is 6.10. The quantitative estimate of drug-likeness (QED) is 0.932. The van der Waals surface area contributed by atoms with Gasteiger partial charge in [-0.05, 0) is 19.1 Å². The summed E-state index contributed by atoms with van der Waals surface area (Å²) in [5.74, 6) is 1.93. The molecule has 0 amide bonds. The first-order chi connectivity index (χ1) is 10.3. The summed E-state index contributed by atoms with van der Waals surface area (Å²) >= 11 is 7.47. The van der Waals surface area contributed by atoms with Crippen LogP contribution in [0.5, 0.6) is 0 Å². The number of hydrogen-bond donors (Lipinski definition) is 1. The van der Waals surface area contributed by atoms with E-state index in [4.69, 9.17) is 16.3 Å². The molecule has 21 heavy (non-hydrogen) atoms. The van der Waals surface area contributed by atoms with Crippen molar-refractivity contribution in [1.82, 2.24) is 15.0 Å². The lowest BCUT2D eigenvalue weighted by Gasteiger charge is -2.27. The molecule has 0 aliphatic carbocycles. The molecular formula is C13H16ClN5OS. The van der Waals surface area contributed by atoms with Crippen molar-refractivity contribution in [1.29, 1.82) is 0 Å². The Balaban J connectivity index is 1.96. The molecule has 0 atom stereocenters. The molecule has 3 rings (SSSR count). The maximum Gasteiger partial charge on any atom is 0.230 e. The van der Waals surface area contributed by atoms with Crippen LogP contribution in [-0.4, -0.2) is 47.8 Å². The van der Waals surface area contributed by atoms with Gasteiger partial charge in [0, 0.05) is 19.6 Å². The largest absolute Gasteiger partial charge is 0.378 e. The number of morpholine rings is 1.